The number of nitrogens with zero attached hydrogens (tertiary/aromatic N) is 1. The van der Waals surface area contributed by atoms with Gasteiger partial charge in [0.05, 0.1) is 7.11 Å². The third-order valence-electron chi connectivity index (χ3n) is 6.25. The number of ketones is 1. The summed E-state index contributed by atoms with van der Waals surface area (Å²) in [5.74, 6) is 1.51. The van der Waals surface area contributed by atoms with Crippen LogP contribution in [0.5, 0.6) is 11.5 Å². The number of fused-ring (bicyclic) bond motifs is 1. The summed E-state index contributed by atoms with van der Waals surface area (Å²) in [7, 11) is 1.65. The van der Waals surface area contributed by atoms with Gasteiger partial charge in [0, 0.05) is 29.4 Å². The first-order valence-electron chi connectivity index (χ1n) is 12.6. The average Bonchev–Trinajstić information content (AvgIpc) is 2.94. The summed E-state index contributed by atoms with van der Waals surface area (Å²) < 4.78 is 11.4. The Morgan fingerprint density at radius 3 is 2.36 bits per heavy atom. The zero-order valence-corrected chi connectivity index (χ0v) is 21.1. The molecule has 36 heavy (non-hydrogen) atoms. The monoisotopic (exact) mass is 479 g/mol. The van der Waals surface area contributed by atoms with Gasteiger partial charge in [-0.05, 0) is 53.1 Å². The van der Waals surface area contributed by atoms with Crippen LogP contribution in [0.1, 0.15) is 48.5 Å². The molecule has 4 aromatic carbocycles. The summed E-state index contributed by atoms with van der Waals surface area (Å²) in [6.45, 7) is 3.50. The number of hydrogen-bond acceptors (Lipinski definition) is 4. The Bertz CT molecular complexity index is 1310. The average molecular weight is 480 g/mol. The van der Waals surface area contributed by atoms with Crippen molar-refractivity contribution in [3.63, 3.8) is 0 Å². The van der Waals surface area contributed by atoms with Gasteiger partial charge in [0.2, 0.25) is 0 Å². The number of aliphatic imine (C=N–C) groups is 1. The van der Waals surface area contributed by atoms with Crippen LogP contribution in [0, 0.1) is 0 Å². The van der Waals surface area contributed by atoms with Gasteiger partial charge < -0.3 is 9.47 Å². The maximum absolute atomic E-state index is 13.5. The van der Waals surface area contributed by atoms with Crippen molar-refractivity contribution in [3.8, 4) is 22.6 Å². The van der Waals surface area contributed by atoms with Crippen LogP contribution < -0.4 is 9.47 Å². The second kappa shape index (κ2) is 12.7. The van der Waals surface area contributed by atoms with E-state index in [4.69, 9.17) is 9.47 Å². The Hall–Kier alpha value is -3.92. The SMILES string of the molecule is CCCCCCN=CCOc1ccc(-c2c(C(=O)c3ccccc3)ccc3ccc(OC)cc23)cc1. The largest absolute Gasteiger partial charge is 0.497 e. The molecule has 0 fully saturated rings. The van der Waals surface area contributed by atoms with Crippen molar-refractivity contribution in [3.05, 3.63) is 96.1 Å². The van der Waals surface area contributed by atoms with Crippen molar-refractivity contribution in [2.45, 2.75) is 32.6 Å². The molecule has 0 aliphatic carbocycles. The first-order chi connectivity index (χ1) is 17.7. The minimum absolute atomic E-state index is 0.00852. The summed E-state index contributed by atoms with van der Waals surface area (Å²) in [5.41, 5.74) is 3.16. The molecule has 4 nitrogen and oxygen atoms in total. The third-order valence-corrected chi connectivity index (χ3v) is 6.25. The van der Waals surface area contributed by atoms with Crippen LogP contribution >= 0.6 is 0 Å². The maximum Gasteiger partial charge on any atom is 0.193 e. The van der Waals surface area contributed by atoms with Crippen LogP contribution in [0.25, 0.3) is 21.9 Å². The minimum atomic E-state index is -0.00852. The lowest BCUT2D eigenvalue weighted by molar-refractivity contribution is 0.103. The molecule has 0 saturated carbocycles. The number of hydrogen-bond donors (Lipinski definition) is 0. The molecule has 184 valence electrons. The standard InChI is InChI=1S/C32H33NO3/c1-3-4-5-9-20-33-21-22-36-27-16-13-25(14-17-27)31-29(32(34)26-10-7-6-8-11-26)19-15-24-12-18-28(35-2)23-30(24)31/h6-8,10-19,21,23H,3-5,9,20,22H2,1-2H3. The number of rotatable bonds is 12. The zero-order valence-electron chi connectivity index (χ0n) is 21.1. The highest BCUT2D eigenvalue weighted by atomic mass is 16.5. The molecule has 4 rings (SSSR count). The molecule has 4 aromatic rings. The maximum atomic E-state index is 13.5. The molecule has 0 radical (unpaired) electrons. The van der Waals surface area contributed by atoms with E-state index in [9.17, 15) is 4.79 Å². The Morgan fingerprint density at radius 1 is 0.861 bits per heavy atom. The molecule has 0 spiro atoms. The first-order valence-corrected chi connectivity index (χ1v) is 12.6. The van der Waals surface area contributed by atoms with Gasteiger partial charge in [0.15, 0.2) is 5.78 Å². The van der Waals surface area contributed by atoms with Crippen molar-refractivity contribution in [1.82, 2.24) is 0 Å². The number of carbonyl (C=O) groups excluding carboxylic acids is 1. The Kier molecular flexibility index (Phi) is 8.87. The van der Waals surface area contributed by atoms with Gasteiger partial charge in [-0.1, -0.05) is 80.8 Å². The number of benzene rings is 4. The summed E-state index contributed by atoms with van der Waals surface area (Å²) in [6.07, 6.45) is 6.69. The van der Waals surface area contributed by atoms with Crippen molar-refractivity contribution in [1.29, 1.82) is 0 Å². The highest BCUT2D eigenvalue weighted by molar-refractivity contribution is 6.17. The van der Waals surface area contributed by atoms with Crippen LogP contribution in [0.15, 0.2) is 89.9 Å². The summed E-state index contributed by atoms with van der Waals surface area (Å²) in [6, 6.07) is 27.2. The second-order valence-corrected chi connectivity index (χ2v) is 8.76. The topological polar surface area (TPSA) is 47.9 Å². The van der Waals surface area contributed by atoms with E-state index >= 15 is 0 Å². The van der Waals surface area contributed by atoms with Gasteiger partial charge in [-0.2, -0.15) is 0 Å². The Morgan fingerprint density at radius 2 is 1.61 bits per heavy atom. The highest BCUT2D eigenvalue weighted by Crippen LogP contribution is 2.36. The van der Waals surface area contributed by atoms with E-state index in [-0.39, 0.29) is 5.78 Å². The van der Waals surface area contributed by atoms with Crippen molar-refractivity contribution >= 4 is 22.8 Å². The molecule has 0 unspecified atom stereocenters. The molecule has 0 aliphatic rings. The molecule has 0 aliphatic heterocycles. The molecule has 0 heterocycles. The lowest BCUT2D eigenvalue weighted by Gasteiger charge is -2.15. The van der Waals surface area contributed by atoms with Crippen LogP contribution in [-0.4, -0.2) is 32.3 Å². The highest BCUT2D eigenvalue weighted by Gasteiger charge is 2.18. The van der Waals surface area contributed by atoms with Gasteiger partial charge in [-0.15, -0.1) is 0 Å². The number of methoxy groups -OCH3 is 1. The lowest BCUT2D eigenvalue weighted by atomic mass is 9.89. The number of ether oxygens (including phenoxy) is 2. The van der Waals surface area contributed by atoms with Crippen LogP contribution in [0.4, 0.5) is 0 Å². The fourth-order valence-electron chi connectivity index (χ4n) is 4.30. The van der Waals surface area contributed by atoms with Crippen LogP contribution in [0.3, 0.4) is 0 Å². The second-order valence-electron chi connectivity index (χ2n) is 8.76. The normalized spacial score (nSPS) is 11.2. The molecular weight excluding hydrogens is 446 g/mol. The van der Waals surface area contributed by atoms with Crippen LogP contribution in [0.2, 0.25) is 0 Å². The Labute approximate surface area is 213 Å². The van der Waals surface area contributed by atoms with Gasteiger partial charge in [0.1, 0.15) is 18.1 Å². The molecule has 0 bridgehead atoms. The zero-order chi connectivity index (χ0) is 25.2. The summed E-state index contributed by atoms with van der Waals surface area (Å²) in [4.78, 5) is 18.0. The van der Waals surface area contributed by atoms with Gasteiger partial charge >= 0.3 is 0 Å². The smallest absolute Gasteiger partial charge is 0.193 e. The summed E-state index contributed by atoms with van der Waals surface area (Å²) >= 11 is 0. The quantitative estimate of drug-likeness (QED) is 0.118. The predicted octanol–water partition coefficient (Wildman–Crippen LogP) is 7.78. The predicted molar refractivity (Wildman–Crippen MR) is 149 cm³/mol. The van der Waals surface area contributed by atoms with E-state index in [0.29, 0.717) is 17.7 Å². The van der Waals surface area contributed by atoms with Crippen molar-refractivity contribution in [2.75, 3.05) is 20.3 Å². The molecular formula is C32H33NO3. The molecule has 4 heteroatoms. The van der Waals surface area contributed by atoms with E-state index in [0.717, 1.165) is 46.4 Å². The third kappa shape index (κ3) is 6.19. The number of carbonyl (C=O) groups is 1. The van der Waals surface area contributed by atoms with Gasteiger partial charge in [0.25, 0.3) is 0 Å². The first kappa shape index (κ1) is 25.2. The fourth-order valence-corrected chi connectivity index (χ4v) is 4.30. The molecule has 0 N–H and O–H groups in total. The van der Waals surface area contributed by atoms with Crippen LogP contribution in [-0.2, 0) is 0 Å². The fraction of sp³-hybridized carbons (Fsp3) is 0.250. The van der Waals surface area contributed by atoms with Gasteiger partial charge in [-0.3, -0.25) is 9.79 Å². The minimum Gasteiger partial charge on any atom is -0.497 e. The van der Waals surface area contributed by atoms with E-state index in [1.165, 1.54) is 19.3 Å². The van der Waals surface area contributed by atoms with Crippen molar-refractivity contribution in [2.24, 2.45) is 4.99 Å². The number of unbranched alkanes of at least 4 members (excludes halogenated alkanes) is 3. The van der Waals surface area contributed by atoms with E-state index < -0.39 is 0 Å². The van der Waals surface area contributed by atoms with E-state index in [2.05, 4.69) is 11.9 Å². The molecule has 0 aromatic heterocycles. The van der Waals surface area contributed by atoms with Gasteiger partial charge in [-0.25, -0.2) is 0 Å². The van der Waals surface area contributed by atoms with E-state index in [1.807, 2.05) is 91.1 Å². The lowest BCUT2D eigenvalue weighted by Crippen LogP contribution is -2.04. The van der Waals surface area contributed by atoms with E-state index in [1.54, 1.807) is 7.11 Å². The molecule has 0 amide bonds. The molecule has 0 saturated heterocycles. The summed E-state index contributed by atoms with van der Waals surface area (Å²) in [5, 5.41) is 2.02. The van der Waals surface area contributed by atoms with Crippen molar-refractivity contribution < 1.29 is 14.3 Å². The Balaban J connectivity index is 1.60. The molecule has 0 atom stereocenters.